The van der Waals surface area contributed by atoms with Crippen LogP contribution >= 0.6 is 0 Å². The van der Waals surface area contributed by atoms with Gasteiger partial charge in [-0.15, -0.1) is 0 Å². The average Bonchev–Trinajstić information content (AvgIpc) is 2.75. The van der Waals surface area contributed by atoms with Crippen LogP contribution in [0.3, 0.4) is 0 Å². The van der Waals surface area contributed by atoms with Crippen molar-refractivity contribution in [2.75, 3.05) is 36.5 Å². The lowest BCUT2D eigenvalue weighted by Crippen LogP contribution is -2.43. The second-order valence-corrected chi connectivity index (χ2v) is 8.45. The van der Waals surface area contributed by atoms with E-state index in [1.807, 2.05) is 0 Å². The van der Waals surface area contributed by atoms with Gasteiger partial charge in [-0.1, -0.05) is 0 Å². The van der Waals surface area contributed by atoms with Gasteiger partial charge in [0, 0.05) is 43.7 Å². The van der Waals surface area contributed by atoms with Gasteiger partial charge in [-0.2, -0.15) is 18.2 Å². The minimum absolute atomic E-state index is 0.0837. The molecule has 0 aromatic carbocycles. The van der Waals surface area contributed by atoms with E-state index in [2.05, 4.69) is 30.2 Å². The minimum atomic E-state index is -4.62. The Balaban J connectivity index is 1.32. The summed E-state index contributed by atoms with van der Waals surface area (Å²) in [4.78, 5) is 30.6. The number of halogens is 3. The molecule has 1 atom stereocenters. The van der Waals surface area contributed by atoms with Gasteiger partial charge in [0.25, 0.3) is 0 Å². The first-order valence-corrected chi connectivity index (χ1v) is 10.9. The van der Waals surface area contributed by atoms with Crippen molar-refractivity contribution in [2.24, 2.45) is 0 Å². The molecule has 176 valence electrons. The van der Waals surface area contributed by atoms with Crippen molar-refractivity contribution in [1.29, 1.82) is 0 Å². The van der Waals surface area contributed by atoms with Crippen molar-refractivity contribution in [3.63, 3.8) is 0 Å². The van der Waals surface area contributed by atoms with Crippen molar-refractivity contribution < 1.29 is 27.4 Å². The van der Waals surface area contributed by atoms with E-state index in [-0.39, 0.29) is 31.0 Å². The molecular formula is C21H23F3N6O3. The summed E-state index contributed by atoms with van der Waals surface area (Å²) >= 11 is 0. The number of ketones is 1. The van der Waals surface area contributed by atoms with Crippen molar-refractivity contribution in [2.45, 2.75) is 50.4 Å². The standard InChI is InChI=1S/C21H23F3N6O3/c22-21(23,24)16-7-25-20(29-19(16)33-14-9-32-10-14)28-12-2-1-5-30(8-12)18-15-4-3-13(31)6-17(15)26-11-27-18/h7,11-12,14H,1-6,8-10H2,(H,25,28,29)/t12-/m1/s1. The predicted octanol–water partition coefficient (Wildman–Crippen LogP) is 2.20. The number of anilines is 2. The highest BCUT2D eigenvalue weighted by atomic mass is 19.4. The predicted molar refractivity (Wildman–Crippen MR) is 110 cm³/mol. The van der Waals surface area contributed by atoms with Gasteiger partial charge in [-0.3, -0.25) is 4.79 Å². The maximum Gasteiger partial charge on any atom is 0.423 e. The number of piperidine rings is 1. The molecule has 0 amide bonds. The molecule has 1 N–H and O–H groups in total. The van der Waals surface area contributed by atoms with Crippen molar-refractivity contribution >= 4 is 17.5 Å². The molecular weight excluding hydrogens is 441 g/mol. The summed E-state index contributed by atoms with van der Waals surface area (Å²) in [7, 11) is 0. The highest BCUT2D eigenvalue weighted by molar-refractivity contribution is 5.83. The third-order valence-corrected chi connectivity index (χ3v) is 6.03. The second kappa shape index (κ2) is 8.73. The number of fused-ring (bicyclic) bond motifs is 1. The Bertz CT molecular complexity index is 1050. The van der Waals surface area contributed by atoms with Crippen LogP contribution in [0.15, 0.2) is 12.5 Å². The molecule has 12 heteroatoms. The first kappa shape index (κ1) is 21.8. The number of rotatable bonds is 5. The minimum Gasteiger partial charge on any atom is -0.469 e. The summed E-state index contributed by atoms with van der Waals surface area (Å²) in [6.45, 7) is 1.83. The number of hydrogen-bond donors (Lipinski definition) is 1. The topological polar surface area (TPSA) is 102 Å². The molecule has 1 aliphatic carbocycles. The zero-order chi connectivity index (χ0) is 23.0. The maximum atomic E-state index is 13.4. The molecule has 9 nitrogen and oxygen atoms in total. The lowest BCUT2D eigenvalue weighted by molar-refractivity contribution is -0.142. The van der Waals surface area contributed by atoms with Crippen LogP contribution in [0.2, 0.25) is 0 Å². The highest BCUT2D eigenvalue weighted by Gasteiger charge is 2.38. The molecule has 2 aliphatic heterocycles. The Kier molecular flexibility index (Phi) is 5.77. The molecule has 5 rings (SSSR count). The molecule has 0 radical (unpaired) electrons. The third kappa shape index (κ3) is 4.70. The molecule has 0 bridgehead atoms. The van der Waals surface area contributed by atoms with Crippen LogP contribution in [0, 0.1) is 0 Å². The number of hydrogen-bond acceptors (Lipinski definition) is 9. The number of alkyl halides is 3. The van der Waals surface area contributed by atoms with Crippen LogP contribution in [-0.4, -0.2) is 64.2 Å². The third-order valence-electron chi connectivity index (χ3n) is 6.03. The zero-order valence-corrected chi connectivity index (χ0v) is 17.8. The van der Waals surface area contributed by atoms with Gasteiger partial charge in [0.05, 0.1) is 18.9 Å². The van der Waals surface area contributed by atoms with E-state index < -0.39 is 23.7 Å². The molecule has 2 saturated heterocycles. The van der Waals surface area contributed by atoms with Gasteiger partial charge in [-0.25, -0.2) is 15.0 Å². The number of nitrogens with zero attached hydrogens (tertiary/aromatic N) is 5. The SMILES string of the molecule is O=C1CCc2c(ncnc2N2CCC[C@@H](Nc3ncc(C(F)(F)F)c(OC4COC4)n3)C2)C1. The van der Waals surface area contributed by atoms with Crippen molar-refractivity contribution in [3.8, 4) is 5.88 Å². The molecule has 0 unspecified atom stereocenters. The molecule has 4 heterocycles. The lowest BCUT2D eigenvalue weighted by atomic mass is 9.94. The summed E-state index contributed by atoms with van der Waals surface area (Å²) in [6.07, 6.45) is 0.262. The fraction of sp³-hybridized carbons (Fsp3) is 0.571. The largest absolute Gasteiger partial charge is 0.469 e. The number of Topliss-reactive ketones (excluding diaryl/α,β-unsaturated/α-hetero) is 1. The maximum absolute atomic E-state index is 13.4. The summed E-state index contributed by atoms with van der Waals surface area (Å²) in [6, 6.07) is -0.0915. The quantitative estimate of drug-likeness (QED) is 0.713. The van der Waals surface area contributed by atoms with Gasteiger partial charge in [0.2, 0.25) is 11.8 Å². The first-order chi connectivity index (χ1) is 15.9. The van der Waals surface area contributed by atoms with Gasteiger partial charge in [0.1, 0.15) is 29.6 Å². The number of carbonyl (C=O) groups excluding carboxylic acids is 1. The highest BCUT2D eigenvalue weighted by Crippen LogP contribution is 2.36. The Labute approximate surface area is 187 Å². The Hall–Kier alpha value is -3.02. The zero-order valence-electron chi connectivity index (χ0n) is 17.8. The van der Waals surface area contributed by atoms with E-state index in [1.54, 1.807) is 0 Å². The Morgan fingerprint density at radius 2 is 2.03 bits per heavy atom. The first-order valence-electron chi connectivity index (χ1n) is 10.9. The molecule has 3 aliphatic rings. The van der Waals surface area contributed by atoms with Crippen LogP contribution in [0.1, 0.15) is 36.1 Å². The molecule has 0 spiro atoms. The van der Waals surface area contributed by atoms with Crippen LogP contribution in [-0.2, 0) is 28.5 Å². The van der Waals surface area contributed by atoms with E-state index in [1.165, 1.54) is 6.33 Å². The van der Waals surface area contributed by atoms with Crippen LogP contribution < -0.4 is 15.0 Å². The van der Waals surface area contributed by atoms with Crippen molar-refractivity contribution in [1.82, 2.24) is 19.9 Å². The van der Waals surface area contributed by atoms with E-state index in [0.717, 1.165) is 42.7 Å². The fourth-order valence-corrected chi connectivity index (χ4v) is 4.29. The van der Waals surface area contributed by atoms with E-state index >= 15 is 0 Å². The van der Waals surface area contributed by atoms with Crippen LogP contribution in [0.25, 0.3) is 0 Å². The molecule has 2 aromatic heterocycles. The van der Waals surface area contributed by atoms with E-state index in [4.69, 9.17) is 9.47 Å². The van der Waals surface area contributed by atoms with Gasteiger partial charge < -0.3 is 19.7 Å². The monoisotopic (exact) mass is 464 g/mol. The number of carbonyl (C=O) groups is 1. The van der Waals surface area contributed by atoms with E-state index in [9.17, 15) is 18.0 Å². The van der Waals surface area contributed by atoms with Gasteiger partial charge >= 0.3 is 6.18 Å². The van der Waals surface area contributed by atoms with Gasteiger partial charge in [0.15, 0.2) is 0 Å². The molecule has 0 saturated carbocycles. The molecule has 2 aromatic rings. The number of aromatic nitrogens is 4. The van der Waals surface area contributed by atoms with Crippen LogP contribution in [0.4, 0.5) is 24.9 Å². The van der Waals surface area contributed by atoms with E-state index in [0.29, 0.717) is 25.8 Å². The summed E-state index contributed by atoms with van der Waals surface area (Å²) in [5.74, 6) is 0.591. The smallest absolute Gasteiger partial charge is 0.423 e. The fourth-order valence-electron chi connectivity index (χ4n) is 4.29. The van der Waals surface area contributed by atoms with Crippen molar-refractivity contribution in [3.05, 3.63) is 29.3 Å². The normalized spacial score (nSPS) is 21.4. The lowest BCUT2D eigenvalue weighted by Gasteiger charge is -2.35. The average molecular weight is 464 g/mol. The van der Waals surface area contributed by atoms with Crippen LogP contribution in [0.5, 0.6) is 5.88 Å². The Morgan fingerprint density at radius 1 is 1.18 bits per heavy atom. The second-order valence-electron chi connectivity index (χ2n) is 8.45. The number of ether oxygens (including phenoxy) is 2. The van der Waals surface area contributed by atoms with Gasteiger partial charge in [-0.05, 0) is 19.3 Å². The summed E-state index contributed by atoms with van der Waals surface area (Å²) in [5, 5.41) is 3.16. The molecule has 2 fully saturated rings. The number of nitrogens with one attached hydrogen (secondary N) is 1. The molecule has 33 heavy (non-hydrogen) atoms. The summed E-state index contributed by atoms with van der Waals surface area (Å²) < 4.78 is 50.5. The Morgan fingerprint density at radius 3 is 2.79 bits per heavy atom. The summed E-state index contributed by atoms with van der Waals surface area (Å²) in [5.41, 5.74) is 0.772.